The Kier molecular flexibility index (Phi) is 4.40. The Morgan fingerprint density at radius 2 is 1.85 bits per heavy atom. The molecular formula is C16H17ClN2O. The zero-order valence-corrected chi connectivity index (χ0v) is 12.6. The molecule has 1 atom stereocenters. The molecule has 0 N–H and O–H groups in total. The van der Waals surface area contributed by atoms with E-state index in [0.29, 0.717) is 10.7 Å². The van der Waals surface area contributed by atoms with Gasteiger partial charge in [0.2, 0.25) is 0 Å². The third kappa shape index (κ3) is 3.17. The first kappa shape index (κ1) is 14.5. The molecule has 2 aromatic rings. The van der Waals surface area contributed by atoms with Crippen LogP contribution in [0.25, 0.3) is 0 Å². The predicted octanol–water partition coefficient (Wildman–Crippen LogP) is 3.88. The van der Waals surface area contributed by atoms with Crippen molar-refractivity contribution in [3.05, 3.63) is 64.4 Å². The summed E-state index contributed by atoms with van der Waals surface area (Å²) in [6, 6.07) is 12.9. The lowest BCUT2D eigenvalue weighted by Gasteiger charge is -2.25. The monoisotopic (exact) mass is 288 g/mol. The van der Waals surface area contributed by atoms with Gasteiger partial charge in [0.15, 0.2) is 0 Å². The van der Waals surface area contributed by atoms with Crippen molar-refractivity contribution >= 4 is 17.5 Å². The summed E-state index contributed by atoms with van der Waals surface area (Å²) in [4.78, 5) is 18.4. The number of hydrogen-bond donors (Lipinski definition) is 0. The fourth-order valence-corrected chi connectivity index (χ4v) is 2.11. The number of carbonyl (C=O) groups is 1. The molecule has 0 saturated heterocycles. The number of hydrogen-bond acceptors (Lipinski definition) is 2. The Balaban J connectivity index is 2.20. The van der Waals surface area contributed by atoms with E-state index in [9.17, 15) is 4.79 Å². The standard InChI is InChI=1S/C16H17ClN2O/c1-11-5-4-6-15(18-11)16(20)19(3)12(2)13-7-9-14(17)10-8-13/h4-10,12H,1-3H3. The van der Waals surface area contributed by atoms with E-state index in [1.54, 1.807) is 18.0 Å². The summed E-state index contributed by atoms with van der Waals surface area (Å²) >= 11 is 5.88. The van der Waals surface area contributed by atoms with Crippen LogP contribution in [0.4, 0.5) is 0 Å². The average Bonchev–Trinajstić information content (AvgIpc) is 2.46. The van der Waals surface area contributed by atoms with Crippen LogP contribution in [0.15, 0.2) is 42.5 Å². The summed E-state index contributed by atoms with van der Waals surface area (Å²) in [5.74, 6) is -0.0869. The molecule has 1 aromatic heterocycles. The first-order valence-electron chi connectivity index (χ1n) is 6.45. The number of aryl methyl sites for hydroxylation is 1. The Morgan fingerprint density at radius 1 is 1.20 bits per heavy atom. The minimum atomic E-state index is -0.0869. The minimum absolute atomic E-state index is 0.0397. The molecule has 1 amide bonds. The summed E-state index contributed by atoms with van der Waals surface area (Å²) in [6.45, 7) is 3.86. The molecule has 20 heavy (non-hydrogen) atoms. The molecule has 0 aliphatic heterocycles. The Hall–Kier alpha value is -1.87. The summed E-state index contributed by atoms with van der Waals surface area (Å²) in [5.41, 5.74) is 2.34. The lowest BCUT2D eigenvalue weighted by atomic mass is 10.1. The van der Waals surface area contributed by atoms with Crippen LogP contribution in [0, 0.1) is 6.92 Å². The molecule has 0 bridgehead atoms. The molecule has 0 aliphatic carbocycles. The van der Waals surface area contributed by atoms with Gasteiger partial charge in [-0.15, -0.1) is 0 Å². The lowest BCUT2D eigenvalue weighted by molar-refractivity contribution is 0.0736. The van der Waals surface area contributed by atoms with Crippen molar-refractivity contribution in [2.75, 3.05) is 7.05 Å². The van der Waals surface area contributed by atoms with Crippen molar-refractivity contribution in [1.29, 1.82) is 0 Å². The van der Waals surface area contributed by atoms with E-state index in [1.165, 1.54) is 0 Å². The van der Waals surface area contributed by atoms with Gasteiger partial charge in [0.25, 0.3) is 5.91 Å². The number of amides is 1. The molecule has 1 heterocycles. The van der Waals surface area contributed by atoms with E-state index >= 15 is 0 Å². The summed E-state index contributed by atoms with van der Waals surface area (Å²) < 4.78 is 0. The number of halogens is 1. The summed E-state index contributed by atoms with van der Waals surface area (Å²) in [7, 11) is 1.78. The second kappa shape index (κ2) is 6.06. The number of rotatable bonds is 3. The maximum absolute atomic E-state index is 12.4. The van der Waals surface area contributed by atoms with Gasteiger partial charge in [0.1, 0.15) is 5.69 Å². The Morgan fingerprint density at radius 3 is 2.45 bits per heavy atom. The van der Waals surface area contributed by atoms with Crippen molar-refractivity contribution in [2.24, 2.45) is 0 Å². The molecule has 0 saturated carbocycles. The molecule has 1 unspecified atom stereocenters. The van der Waals surface area contributed by atoms with Gasteiger partial charge >= 0.3 is 0 Å². The maximum Gasteiger partial charge on any atom is 0.272 e. The summed E-state index contributed by atoms with van der Waals surface area (Å²) in [6.07, 6.45) is 0. The van der Waals surface area contributed by atoms with Gasteiger partial charge in [-0.05, 0) is 43.7 Å². The normalized spacial score (nSPS) is 12.0. The number of carbonyl (C=O) groups excluding carboxylic acids is 1. The minimum Gasteiger partial charge on any atom is -0.334 e. The zero-order chi connectivity index (χ0) is 14.7. The molecule has 0 fully saturated rings. The number of benzene rings is 1. The van der Waals surface area contributed by atoms with Crippen molar-refractivity contribution < 1.29 is 4.79 Å². The second-order valence-electron chi connectivity index (χ2n) is 4.81. The van der Waals surface area contributed by atoms with E-state index in [2.05, 4.69) is 4.98 Å². The largest absolute Gasteiger partial charge is 0.334 e. The maximum atomic E-state index is 12.4. The first-order chi connectivity index (χ1) is 9.49. The third-order valence-corrected chi connectivity index (χ3v) is 3.61. The fraction of sp³-hybridized carbons (Fsp3) is 0.250. The Labute approximate surface area is 124 Å². The molecule has 104 valence electrons. The highest BCUT2D eigenvalue weighted by Crippen LogP contribution is 2.22. The number of pyridine rings is 1. The van der Waals surface area contributed by atoms with Crippen LogP contribution in [-0.4, -0.2) is 22.8 Å². The van der Waals surface area contributed by atoms with E-state index in [1.807, 2.05) is 50.2 Å². The van der Waals surface area contributed by atoms with Gasteiger partial charge in [-0.2, -0.15) is 0 Å². The average molecular weight is 289 g/mol. The zero-order valence-electron chi connectivity index (χ0n) is 11.8. The molecule has 1 aromatic carbocycles. The van der Waals surface area contributed by atoms with Gasteiger partial charge < -0.3 is 4.90 Å². The van der Waals surface area contributed by atoms with Gasteiger partial charge in [0, 0.05) is 17.8 Å². The first-order valence-corrected chi connectivity index (χ1v) is 6.83. The highest BCUT2D eigenvalue weighted by molar-refractivity contribution is 6.30. The highest BCUT2D eigenvalue weighted by Gasteiger charge is 2.19. The van der Waals surface area contributed by atoms with Gasteiger partial charge in [-0.3, -0.25) is 4.79 Å². The molecule has 4 heteroatoms. The van der Waals surface area contributed by atoms with Crippen LogP contribution in [0.3, 0.4) is 0 Å². The molecule has 0 aliphatic rings. The second-order valence-corrected chi connectivity index (χ2v) is 5.24. The van der Waals surface area contributed by atoms with Crippen molar-refractivity contribution in [2.45, 2.75) is 19.9 Å². The highest BCUT2D eigenvalue weighted by atomic mass is 35.5. The van der Waals surface area contributed by atoms with Crippen LogP contribution < -0.4 is 0 Å². The SMILES string of the molecule is Cc1cccc(C(=O)N(C)C(C)c2ccc(Cl)cc2)n1. The van der Waals surface area contributed by atoms with Crippen molar-refractivity contribution in [3.63, 3.8) is 0 Å². The number of nitrogens with zero attached hydrogens (tertiary/aromatic N) is 2. The van der Waals surface area contributed by atoms with Gasteiger partial charge in [0.05, 0.1) is 6.04 Å². The quantitative estimate of drug-likeness (QED) is 0.859. The summed E-state index contributed by atoms with van der Waals surface area (Å²) in [5, 5.41) is 0.690. The third-order valence-electron chi connectivity index (χ3n) is 3.36. The van der Waals surface area contributed by atoms with E-state index in [4.69, 9.17) is 11.6 Å². The molecule has 2 rings (SSSR count). The van der Waals surface area contributed by atoms with E-state index in [0.717, 1.165) is 11.3 Å². The topological polar surface area (TPSA) is 33.2 Å². The Bertz CT molecular complexity index is 610. The molecule has 0 spiro atoms. The number of aromatic nitrogens is 1. The molecular weight excluding hydrogens is 272 g/mol. The predicted molar refractivity (Wildman–Crippen MR) is 80.9 cm³/mol. The van der Waals surface area contributed by atoms with Crippen LogP contribution in [0.1, 0.15) is 34.7 Å². The van der Waals surface area contributed by atoms with Crippen molar-refractivity contribution in [3.8, 4) is 0 Å². The van der Waals surface area contributed by atoms with E-state index in [-0.39, 0.29) is 11.9 Å². The van der Waals surface area contributed by atoms with Crippen molar-refractivity contribution in [1.82, 2.24) is 9.88 Å². The van der Waals surface area contributed by atoms with Crippen LogP contribution in [0.5, 0.6) is 0 Å². The van der Waals surface area contributed by atoms with E-state index < -0.39 is 0 Å². The molecule has 0 radical (unpaired) electrons. The van der Waals surface area contributed by atoms with Crippen LogP contribution in [-0.2, 0) is 0 Å². The van der Waals surface area contributed by atoms with Gasteiger partial charge in [-0.1, -0.05) is 29.8 Å². The van der Waals surface area contributed by atoms with Crippen LogP contribution >= 0.6 is 11.6 Å². The van der Waals surface area contributed by atoms with Crippen LogP contribution in [0.2, 0.25) is 5.02 Å². The smallest absolute Gasteiger partial charge is 0.272 e. The lowest BCUT2D eigenvalue weighted by Crippen LogP contribution is -2.30. The molecule has 3 nitrogen and oxygen atoms in total. The van der Waals surface area contributed by atoms with Gasteiger partial charge in [-0.25, -0.2) is 4.98 Å². The fourth-order valence-electron chi connectivity index (χ4n) is 1.98.